The number of rotatable bonds is 2. The van der Waals surface area contributed by atoms with Crippen LogP contribution in [-0.2, 0) is 6.42 Å². The second-order valence-corrected chi connectivity index (χ2v) is 3.93. The Morgan fingerprint density at radius 2 is 1.60 bits per heavy atom. The lowest BCUT2D eigenvalue weighted by Crippen LogP contribution is -1.83. The Labute approximate surface area is 92.9 Å². The lowest BCUT2D eigenvalue weighted by Gasteiger charge is -2.03. The molecule has 0 aromatic heterocycles. The van der Waals surface area contributed by atoms with Gasteiger partial charge in [0.15, 0.2) is 0 Å². The van der Waals surface area contributed by atoms with Crippen molar-refractivity contribution in [2.75, 3.05) is 0 Å². The molecule has 0 spiro atoms. The molecule has 0 saturated heterocycles. The molecule has 0 aliphatic carbocycles. The number of hydrogen-bond donors (Lipinski definition) is 0. The fourth-order valence-corrected chi connectivity index (χ4v) is 1.86. The molecule has 0 bridgehead atoms. The lowest BCUT2D eigenvalue weighted by atomic mass is 10.0. The summed E-state index contributed by atoms with van der Waals surface area (Å²) in [7, 11) is 0. The topological polar surface area (TPSA) is 0 Å². The molecule has 0 atom stereocenters. The van der Waals surface area contributed by atoms with E-state index in [4.69, 9.17) is 0 Å². The molecule has 0 amide bonds. The highest BCUT2D eigenvalue weighted by molar-refractivity contribution is 5.83. The van der Waals surface area contributed by atoms with Crippen LogP contribution >= 0.6 is 0 Å². The minimum atomic E-state index is 0. The van der Waals surface area contributed by atoms with E-state index in [-0.39, 0.29) is 7.43 Å². The average Bonchev–Trinajstić information content (AvgIpc) is 2.19. The molecular weight excluding hydrogens is 180 g/mol. The van der Waals surface area contributed by atoms with Crippen molar-refractivity contribution in [2.45, 2.75) is 34.1 Å². The van der Waals surface area contributed by atoms with Gasteiger partial charge in [-0.3, -0.25) is 0 Å². The second-order valence-electron chi connectivity index (χ2n) is 3.93. The second kappa shape index (κ2) is 4.97. The first-order valence-corrected chi connectivity index (χ1v) is 5.29. The summed E-state index contributed by atoms with van der Waals surface area (Å²) in [5.41, 5.74) is 2.78. The van der Waals surface area contributed by atoms with E-state index in [0.717, 1.165) is 0 Å². The van der Waals surface area contributed by atoms with Crippen LogP contribution in [0.3, 0.4) is 0 Å². The van der Waals surface area contributed by atoms with E-state index in [1.54, 1.807) is 0 Å². The Morgan fingerprint density at radius 1 is 0.933 bits per heavy atom. The van der Waals surface area contributed by atoms with Crippen LogP contribution in [-0.4, -0.2) is 0 Å². The van der Waals surface area contributed by atoms with Gasteiger partial charge in [-0.05, 0) is 29.7 Å². The van der Waals surface area contributed by atoms with E-state index in [9.17, 15) is 0 Å². The molecule has 0 radical (unpaired) electrons. The molecule has 0 aliphatic heterocycles. The van der Waals surface area contributed by atoms with E-state index in [0.29, 0.717) is 0 Å². The molecule has 0 fully saturated rings. The van der Waals surface area contributed by atoms with Gasteiger partial charge in [0.05, 0.1) is 0 Å². The molecule has 0 heterocycles. The van der Waals surface area contributed by atoms with Crippen molar-refractivity contribution in [1.82, 2.24) is 0 Å². The summed E-state index contributed by atoms with van der Waals surface area (Å²) >= 11 is 0. The van der Waals surface area contributed by atoms with Crippen LogP contribution in [0.15, 0.2) is 36.4 Å². The standard InChI is InChI=1S/C14H16.CH4/c1-3-4-12-6-8-13-9-11(2)5-7-14(13)10-12;/h5-10H,3-4H2,1-2H3;1H4. The largest absolute Gasteiger partial charge is 0.0776 e. The Kier molecular flexibility index (Phi) is 3.90. The van der Waals surface area contributed by atoms with Crippen molar-refractivity contribution in [2.24, 2.45) is 0 Å². The Hall–Kier alpha value is -1.30. The molecule has 0 N–H and O–H groups in total. The first kappa shape index (κ1) is 11.8. The third-order valence-corrected chi connectivity index (χ3v) is 2.60. The predicted octanol–water partition coefficient (Wildman–Crippen LogP) is 4.74. The molecule has 15 heavy (non-hydrogen) atoms. The zero-order chi connectivity index (χ0) is 9.97. The highest BCUT2D eigenvalue weighted by Gasteiger charge is 1.95. The maximum atomic E-state index is 2.30. The van der Waals surface area contributed by atoms with Crippen LogP contribution in [0.5, 0.6) is 0 Å². The van der Waals surface area contributed by atoms with Crippen LogP contribution in [0.25, 0.3) is 10.8 Å². The molecule has 0 unspecified atom stereocenters. The molecule has 0 saturated carbocycles. The quantitative estimate of drug-likeness (QED) is 0.657. The normalized spacial score (nSPS) is 10.0. The van der Waals surface area contributed by atoms with Crippen LogP contribution in [0, 0.1) is 6.92 Å². The summed E-state index contributed by atoms with van der Waals surface area (Å²) < 4.78 is 0. The van der Waals surface area contributed by atoms with E-state index in [1.807, 2.05) is 0 Å². The number of hydrogen-bond acceptors (Lipinski definition) is 0. The Morgan fingerprint density at radius 3 is 2.33 bits per heavy atom. The molecule has 0 heteroatoms. The van der Waals surface area contributed by atoms with Crippen molar-refractivity contribution in [3.8, 4) is 0 Å². The van der Waals surface area contributed by atoms with E-state index < -0.39 is 0 Å². The Bertz CT molecular complexity index is 441. The summed E-state index contributed by atoms with van der Waals surface area (Å²) in [5.74, 6) is 0. The first-order valence-electron chi connectivity index (χ1n) is 5.29. The zero-order valence-corrected chi connectivity index (χ0v) is 8.88. The van der Waals surface area contributed by atoms with Gasteiger partial charge >= 0.3 is 0 Å². The van der Waals surface area contributed by atoms with Crippen LogP contribution in [0.1, 0.15) is 31.9 Å². The highest BCUT2D eigenvalue weighted by Crippen LogP contribution is 2.18. The van der Waals surface area contributed by atoms with Crippen LogP contribution in [0.4, 0.5) is 0 Å². The van der Waals surface area contributed by atoms with E-state index in [2.05, 4.69) is 50.2 Å². The summed E-state index contributed by atoms with van der Waals surface area (Å²) in [6, 6.07) is 13.4. The summed E-state index contributed by atoms with van der Waals surface area (Å²) in [4.78, 5) is 0. The van der Waals surface area contributed by atoms with Crippen LogP contribution < -0.4 is 0 Å². The van der Waals surface area contributed by atoms with Gasteiger partial charge in [0.25, 0.3) is 0 Å². The van der Waals surface area contributed by atoms with Gasteiger partial charge < -0.3 is 0 Å². The molecule has 2 aromatic carbocycles. The highest BCUT2D eigenvalue weighted by atomic mass is 14.0. The van der Waals surface area contributed by atoms with Crippen molar-refractivity contribution >= 4 is 10.8 Å². The molecule has 0 nitrogen and oxygen atoms in total. The van der Waals surface area contributed by atoms with Gasteiger partial charge in [0, 0.05) is 0 Å². The predicted molar refractivity (Wildman–Crippen MR) is 69.4 cm³/mol. The van der Waals surface area contributed by atoms with Crippen molar-refractivity contribution in [3.63, 3.8) is 0 Å². The van der Waals surface area contributed by atoms with Gasteiger partial charge in [-0.25, -0.2) is 0 Å². The fraction of sp³-hybridized carbons (Fsp3) is 0.333. The zero-order valence-electron chi connectivity index (χ0n) is 8.88. The van der Waals surface area contributed by atoms with Crippen LogP contribution in [0.2, 0.25) is 0 Å². The fourth-order valence-electron chi connectivity index (χ4n) is 1.86. The lowest BCUT2D eigenvalue weighted by molar-refractivity contribution is 0.924. The summed E-state index contributed by atoms with van der Waals surface area (Å²) in [5, 5.41) is 2.71. The SMILES string of the molecule is C.CCCc1ccc2cc(C)ccc2c1. The smallest absolute Gasteiger partial charge is 0.0181 e. The third-order valence-electron chi connectivity index (χ3n) is 2.60. The summed E-state index contributed by atoms with van der Waals surface area (Å²) in [6.45, 7) is 4.36. The van der Waals surface area contributed by atoms with Gasteiger partial charge in [-0.15, -0.1) is 0 Å². The van der Waals surface area contributed by atoms with Gasteiger partial charge in [0.1, 0.15) is 0 Å². The molecule has 0 aliphatic rings. The first-order chi connectivity index (χ1) is 6.79. The number of fused-ring (bicyclic) bond motifs is 1. The van der Waals surface area contributed by atoms with Gasteiger partial charge in [-0.2, -0.15) is 0 Å². The van der Waals surface area contributed by atoms with Crippen molar-refractivity contribution < 1.29 is 0 Å². The maximum Gasteiger partial charge on any atom is -0.0181 e. The van der Waals surface area contributed by atoms with Crippen molar-refractivity contribution in [1.29, 1.82) is 0 Å². The third kappa shape index (κ3) is 2.59. The monoisotopic (exact) mass is 200 g/mol. The van der Waals surface area contributed by atoms with E-state index in [1.165, 1.54) is 34.7 Å². The number of aryl methyl sites for hydroxylation is 2. The molecule has 80 valence electrons. The van der Waals surface area contributed by atoms with Gasteiger partial charge in [-0.1, -0.05) is 62.7 Å². The molecule has 2 rings (SSSR count). The molecule has 2 aromatic rings. The van der Waals surface area contributed by atoms with Crippen molar-refractivity contribution in [3.05, 3.63) is 47.5 Å². The molecular formula is C15H20. The summed E-state index contributed by atoms with van der Waals surface area (Å²) in [6.07, 6.45) is 2.40. The maximum absolute atomic E-state index is 2.30. The average molecular weight is 200 g/mol. The van der Waals surface area contributed by atoms with E-state index >= 15 is 0 Å². The Balaban J connectivity index is 0.00000112. The van der Waals surface area contributed by atoms with Gasteiger partial charge in [0.2, 0.25) is 0 Å². The minimum Gasteiger partial charge on any atom is -0.0776 e. The minimum absolute atomic E-state index is 0. The number of benzene rings is 2.